The third kappa shape index (κ3) is 5.92. The van der Waals surface area contributed by atoms with Crippen LogP contribution in [0.4, 0.5) is 17.6 Å². The SMILES string of the molecule is C/C=C\Cc1ccc(-c2ccc(-c3ccc(C4CCC(C5CCC(CC)CC5)CC4)c(F)c3F)cc2)c(F)c1F. The molecule has 0 unspecified atom stereocenters. The van der Waals surface area contributed by atoms with Crippen molar-refractivity contribution in [3.8, 4) is 22.3 Å². The van der Waals surface area contributed by atoms with Gasteiger partial charge in [-0.05, 0) is 97.8 Å². The van der Waals surface area contributed by atoms with E-state index in [4.69, 9.17) is 0 Å². The Morgan fingerprint density at radius 1 is 0.625 bits per heavy atom. The standard InChI is InChI=1S/C36H40F4/c1-3-5-6-29-19-20-30(34(38)33(29)37)27-15-17-28(18-16-27)32-22-21-31(35(39)36(32)40)26-13-11-25(12-14-26)24-9-7-23(4-2)8-10-24/h3,5,15-26H,4,6-14H2,1-2H3/b5-3-. The third-order valence-corrected chi connectivity index (χ3v) is 9.70. The van der Waals surface area contributed by atoms with E-state index in [2.05, 4.69) is 6.92 Å². The van der Waals surface area contributed by atoms with Crippen molar-refractivity contribution < 1.29 is 17.6 Å². The molecule has 0 amide bonds. The Hall–Kier alpha value is -2.88. The van der Waals surface area contributed by atoms with Crippen LogP contribution in [0.25, 0.3) is 22.3 Å². The van der Waals surface area contributed by atoms with E-state index in [-0.39, 0.29) is 17.0 Å². The third-order valence-electron chi connectivity index (χ3n) is 9.70. The highest BCUT2D eigenvalue weighted by molar-refractivity contribution is 5.71. The fraction of sp³-hybridized carbons (Fsp3) is 0.444. The van der Waals surface area contributed by atoms with E-state index in [1.807, 2.05) is 6.92 Å². The second kappa shape index (κ2) is 12.7. The number of hydrogen-bond donors (Lipinski definition) is 0. The van der Waals surface area contributed by atoms with Gasteiger partial charge in [0.2, 0.25) is 0 Å². The molecule has 0 aromatic heterocycles. The highest BCUT2D eigenvalue weighted by atomic mass is 19.2. The smallest absolute Gasteiger partial charge is 0.166 e. The van der Waals surface area contributed by atoms with Gasteiger partial charge in [-0.2, -0.15) is 0 Å². The lowest BCUT2D eigenvalue weighted by molar-refractivity contribution is 0.158. The molecule has 2 aliphatic carbocycles. The van der Waals surface area contributed by atoms with Crippen LogP contribution >= 0.6 is 0 Å². The predicted octanol–water partition coefficient (Wildman–Crippen LogP) is 11.2. The molecule has 2 aliphatic rings. The van der Waals surface area contributed by atoms with Crippen molar-refractivity contribution >= 4 is 0 Å². The summed E-state index contributed by atoms with van der Waals surface area (Å²) < 4.78 is 60.0. The van der Waals surface area contributed by atoms with E-state index in [9.17, 15) is 8.78 Å². The van der Waals surface area contributed by atoms with Gasteiger partial charge >= 0.3 is 0 Å². The summed E-state index contributed by atoms with van der Waals surface area (Å²) in [6.07, 6.45) is 14.6. The molecular weight excluding hydrogens is 508 g/mol. The maximum Gasteiger partial charge on any atom is 0.166 e. The van der Waals surface area contributed by atoms with E-state index in [0.29, 0.717) is 28.7 Å². The molecule has 0 spiro atoms. The molecule has 5 rings (SSSR count). The van der Waals surface area contributed by atoms with Crippen molar-refractivity contribution in [1.82, 2.24) is 0 Å². The molecule has 0 nitrogen and oxygen atoms in total. The summed E-state index contributed by atoms with van der Waals surface area (Å²) in [5.74, 6) is -0.875. The lowest BCUT2D eigenvalue weighted by Crippen LogP contribution is -2.25. The molecule has 0 heterocycles. The largest absolute Gasteiger partial charge is 0.203 e. The van der Waals surface area contributed by atoms with Crippen LogP contribution < -0.4 is 0 Å². The number of hydrogen-bond acceptors (Lipinski definition) is 0. The molecule has 0 aliphatic heterocycles. The second-order valence-electron chi connectivity index (χ2n) is 11.9. The Morgan fingerprint density at radius 3 is 1.70 bits per heavy atom. The van der Waals surface area contributed by atoms with E-state index in [1.165, 1.54) is 32.1 Å². The molecule has 2 saturated carbocycles. The minimum absolute atomic E-state index is 0.0582. The van der Waals surface area contributed by atoms with Gasteiger partial charge < -0.3 is 0 Å². The molecular formula is C36H40F4. The minimum Gasteiger partial charge on any atom is -0.203 e. The van der Waals surface area contributed by atoms with E-state index >= 15 is 8.78 Å². The Bertz CT molecular complexity index is 1320. The van der Waals surface area contributed by atoms with Gasteiger partial charge in [-0.3, -0.25) is 0 Å². The van der Waals surface area contributed by atoms with Gasteiger partial charge in [0.1, 0.15) is 0 Å². The van der Waals surface area contributed by atoms with Crippen LogP contribution in [0.3, 0.4) is 0 Å². The van der Waals surface area contributed by atoms with E-state index < -0.39 is 23.3 Å². The summed E-state index contributed by atoms with van der Waals surface area (Å²) >= 11 is 0. The summed E-state index contributed by atoms with van der Waals surface area (Å²) in [5.41, 5.74) is 2.09. The van der Waals surface area contributed by atoms with Gasteiger partial charge in [0.15, 0.2) is 23.3 Å². The molecule has 212 valence electrons. The minimum atomic E-state index is -0.903. The topological polar surface area (TPSA) is 0 Å². The van der Waals surface area contributed by atoms with Crippen molar-refractivity contribution in [3.63, 3.8) is 0 Å². The lowest BCUT2D eigenvalue weighted by Gasteiger charge is -2.38. The first-order valence-corrected chi connectivity index (χ1v) is 15.1. The molecule has 0 saturated heterocycles. The van der Waals surface area contributed by atoms with E-state index in [0.717, 1.165) is 43.4 Å². The highest BCUT2D eigenvalue weighted by Gasteiger charge is 2.32. The highest BCUT2D eigenvalue weighted by Crippen LogP contribution is 2.45. The average molecular weight is 549 g/mol. The van der Waals surface area contributed by atoms with Gasteiger partial charge in [0.05, 0.1) is 0 Å². The number of allylic oxidation sites excluding steroid dienone is 2. The maximum absolute atomic E-state index is 15.4. The molecule has 3 aromatic carbocycles. The van der Waals surface area contributed by atoms with E-state index in [1.54, 1.807) is 60.7 Å². The zero-order valence-electron chi connectivity index (χ0n) is 23.7. The molecule has 0 radical (unpaired) electrons. The molecule has 0 bridgehead atoms. The summed E-state index contributed by atoms with van der Waals surface area (Å²) in [5, 5.41) is 0. The van der Waals surface area contributed by atoms with Gasteiger partial charge in [0, 0.05) is 11.1 Å². The van der Waals surface area contributed by atoms with Crippen LogP contribution in [0.2, 0.25) is 0 Å². The maximum atomic E-state index is 15.4. The average Bonchev–Trinajstić information content (AvgIpc) is 3.00. The van der Waals surface area contributed by atoms with Crippen LogP contribution in [0, 0.1) is 41.0 Å². The normalized spacial score (nSPS) is 23.6. The lowest BCUT2D eigenvalue weighted by atomic mass is 9.68. The Kier molecular flexibility index (Phi) is 9.13. The first-order valence-electron chi connectivity index (χ1n) is 15.1. The molecule has 40 heavy (non-hydrogen) atoms. The number of rotatable bonds is 7. The molecule has 2 fully saturated rings. The molecule has 4 heteroatoms. The van der Waals surface area contributed by atoms with Gasteiger partial charge in [0.25, 0.3) is 0 Å². The van der Waals surface area contributed by atoms with Crippen LogP contribution in [-0.4, -0.2) is 0 Å². The van der Waals surface area contributed by atoms with Crippen LogP contribution in [0.15, 0.2) is 60.7 Å². The van der Waals surface area contributed by atoms with Crippen LogP contribution in [0.1, 0.15) is 88.7 Å². The summed E-state index contributed by atoms with van der Waals surface area (Å²) in [6, 6.07) is 13.1. The van der Waals surface area contributed by atoms with Crippen molar-refractivity contribution in [2.24, 2.45) is 17.8 Å². The van der Waals surface area contributed by atoms with Crippen molar-refractivity contribution in [3.05, 3.63) is 95.1 Å². The van der Waals surface area contributed by atoms with Crippen molar-refractivity contribution in [2.45, 2.75) is 84.0 Å². The summed E-state index contributed by atoms with van der Waals surface area (Å²) in [6.45, 7) is 4.12. The summed E-state index contributed by atoms with van der Waals surface area (Å²) in [4.78, 5) is 0. The van der Waals surface area contributed by atoms with Crippen LogP contribution in [0.5, 0.6) is 0 Å². The van der Waals surface area contributed by atoms with Gasteiger partial charge in [-0.25, -0.2) is 17.6 Å². The zero-order valence-corrected chi connectivity index (χ0v) is 23.7. The fourth-order valence-electron chi connectivity index (χ4n) is 7.12. The molecule has 0 atom stereocenters. The number of halogens is 4. The fourth-order valence-corrected chi connectivity index (χ4v) is 7.12. The van der Waals surface area contributed by atoms with Crippen molar-refractivity contribution in [2.75, 3.05) is 0 Å². The van der Waals surface area contributed by atoms with Crippen LogP contribution in [-0.2, 0) is 6.42 Å². The quantitative estimate of drug-likeness (QED) is 0.203. The Balaban J connectivity index is 1.27. The monoisotopic (exact) mass is 548 g/mol. The Labute approximate surface area is 236 Å². The second-order valence-corrected chi connectivity index (χ2v) is 11.9. The summed E-state index contributed by atoms with van der Waals surface area (Å²) in [7, 11) is 0. The molecule has 0 N–H and O–H groups in total. The molecule has 3 aromatic rings. The first kappa shape index (κ1) is 28.6. The predicted molar refractivity (Wildman–Crippen MR) is 156 cm³/mol. The Morgan fingerprint density at radius 2 is 1.15 bits per heavy atom. The van der Waals surface area contributed by atoms with Gasteiger partial charge in [-0.1, -0.05) is 86.9 Å². The van der Waals surface area contributed by atoms with Gasteiger partial charge in [-0.15, -0.1) is 0 Å². The number of benzene rings is 3. The van der Waals surface area contributed by atoms with Crippen molar-refractivity contribution in [1.29, 1.82) is 0 Å². The first-order chi connectivity index (χ1) is 19.4. The zero-order chi connectivity index (χ0) is 28.2.